The number of nitrogens with one attached hydrogen (secondary N) is 1. The number of carboxylic acids is 1. The number of carboxylic acid groups (broad SMARTS) is 1. The number of hydrogen-bond acceptors (Lipinski definition) is 3. The van der Waals surface area contributed by atoms with Crippen molar-refractivity contribution in [2.75, 3.05) is 6.54 Å². The summed E-state index contributed by atoms with van der Waals surface area (Å²) >= 11 is 7.24. The molecule has 2 unspecified atom stereocenters. The van der Waals surface area contributed by atoms with Crippen molar-refractivity contribution in [3.8, 4) is 0 Å². The second-order valence-corrected chi connectivity index (χ2v) is 6.51. The number of benzene rings is 1. The zero-order chi connectivity index (χ0) is 15.1. The minimum Gasteiger partial charge on any atom is -0.481 e. The van der Waals surface area contributed by atoms with Crippen LogP contribution in [0.15, 0.2) is 29.2 Å². The second kappa shape index (κ2) is 8.17. The molecule has 0 aromatic heterocycles. The van der Waals surface area contributed by atoms with Crippen molar-refractivity contribution in [2.24, 2.45) is 5.92 Å². The summed E-state index contributed by atoms with van der Waals surface area (Å²) in [5.41, 5.74) is 0. The molecule has 6 heteroatoms. The Morgan fingerprint density at radius 1 is 1.30 bits per heavy atom. The first-order chi connectivity index (χ1) is 9.38. The molecule has 0 bridgehead atoms. The number of carbonyl (C=O) groups excluding carboxylic acids is 1. The van der Waals surface area contributed by atoms with E-state index in [4.69, 9.17) is 16.7 Å². The van der Waals surface area contributed by atoms with E-state index < -0.39 is 5.97 Å². The fourth-order valence-electron chi connectivity index (χ4n) is 1.56. The number of hydrogen-bond donors (Lipinski definition) is 2. The maximum atomic E-state index is 11.9. The van der Waals surface area contributed by atoms with Gasteiger partial charge in [0.15, 0.2) is 0 Å². The van der Waals surface area contributed by atoms with Crippen molar-refractivity contribution in [1.82, 2.24) is 5.32 Å². The quantitative estimate of drug-likeness (QED) is 0.759. The third-order valence-corrected chi connectivity index (χ3v) is 4.01. The van der Waals surface area contributed by atoms with Gasteiger partial charge < -0.3 is 10.4 Å². The average Bonchev–Trinajstić information content (AvgIpc) is 2.37. The number of halogens is 1. The highest BCUT2D eigenvalue weighted by atomic mass is 35.5. The van der Waals surface area contributed by atoms with Crippen LogP contribution in [-0.4, -0.2) is 28.8 Å². The summed E-state index contributed by atoms with van der Waals surface area (Å²) in [6.45, 7) is 3.98. The SMILES string of the molecule is CC(CNC(=O)C(C)Sc1ccc(Cl)cc1)CC(=O)O. The van der Waals surface area contributed by atoms with Crippen LogP contribution >= 0.6 is 23.4 Å². The van der Waals surface area contributed by atoms with E-state index in [0.717, 1.165) is 4.90 Å². The molecule has 0 saturated carbocycles. The summed E-state index contributed by atoms with van der Waals surface area (Å²) in [5.74, 6) is -1.03. The Kier molecular flexibility index (Phi) is 6.88. The Morgan fingerprint density at radius 3 is 2.45 bits per heavy atom. The van der Waals surface area contributed by atoms with Crippen LogP contribution in [0.5, 0.6) is 0 Å². The number of rotatable bonds is 7. The summed E-state index contributed by atoms with van der Waals surface area (Å²) < 4.78 is 0. The number of aliphatic carboxylic acids is 1. The molecule has 20 heavy (non-hydrogen) atoms. The second-order valence-electron chi connectivity index (χ2n) is 4.66. The van der Waals surface area contributed by atoms with Gasteiger partial charge in [0.25, 0.3) is 0 Å². The first-order valence-electron chi connectivity index (χ1n) is 6.30. The van der Waals surface area contributed by atoms with E-state index in [9.17, 15) is 9.59 Å². The molecule has 1 rings (SSSR count). The first kappa shape index (κ1) is 16.9. The Bertz CT molecular complexity index is 464. The summed E-state index contributed by atoms with van der Waals surface area (Å²) in [5, 5.41) is 11.8. The molecule has 1 aromatic carbocycles. The van der Waals surface area contributed by atoms with Crippen LogP contribution in [0.3, 0.4) is 0 Å². The summed E-state index contributed by atoms with van der Waals surface area (Å²) in [7, 11) is 0. The lowest BCUT2D eigenvalue weighted by Gasteiger charge is -2.14. The van der Waals surface area contributed by atoms with E-state index in [-0.39, 0.29) is 23.5 Å². The predicted molar refractivity (Wildman–Crippen MR) is 81.2 cm³/mol. The smallest absolute Gasteiger partial charge is 0.303 e. The van der Waals surface area contributed by atoms with Gasteiger partial charge in [0.05, 0.1) is 5.25 Å². The van der Waals surface area contributed by atoms with Crippen molar-refractivity contribution in [2.45, 2.75) is 30.4 Å². The molecule has 2 N–H and O–H groups in total. The predicted octanol–water partition coefficient (Wildman–Crippen LogP) is 3.05. The van der Waals surface area contributed by atoms with Gasteiger partial charge in [-0.3, -0.25) is 9.59 Å². The summed E-state index contributed by atoms with van der Waals surface area (Å²) in [4.78, 5) is 23.4. The molecule has 1 aromatic rings. The van der Waals surface area contributed by atoms with Crippen LogP contribution < -0.4 is 5.32 Å². The molecule has 0 radical (unpaired) electrons. The van der Waals surface area contributed by atoms with Gasteiger partial charge >= 0.3 is 5.97 Å². The normalized spacial score (nSPS) is 13.6. The maximum absolute atomic E-state index is 11.9. The van der Waals surface area contributed by atoms with Gasteiger partial charge in [-0.2, -0.15) is 0 Å². The zero-order valence-electron chi connectivity index (χ0n) is 11.4. The van der Waals surface area contributed by atoms with Crippen molar-refractivity contribution < 1.29 is 14.7 Å². The van der Waals surface area contributed by atoms with Gasteiger partial charge in [-0.05, 0) is 37.1 Å². The standard InChI is InChI=1S/C14H18ClNO3S/c1-9(7-13(17)18)8-16-14(19)10(2)20-12-5-3-11(15)4-6-12/h3-6,9-10H,7-8H2,1-2H3,(H,16,19)(H,17,18). The van der Waals surface area contributed by atoms with Gasteiger partial charge in [-0.1, -0.05) is 18.5 Å². The molecular formula is C14H18ClNO3S. The number of thioether (sulfide) groups is 1. The molecular weight excluding hydrogens is 298 g/mol. The van der Waals surface area contributed by atoms with Gasteiger partial charge in [0, 0.05) is 22.9 Å². The average molecular weight is 316 g/mol. The molecule has 0 heterocycles. The minimum atomic E-state index is -0.852. The molecule has 4 nitrogen and oxygen atoms in total. The fourth-order valence-corrected chi connectivity index (χ4v) is 2.58. The molecule has 110 valence electrons. The lowest BCUT2D eigenvalue weighted by Crippen LogP contribution is -2.34. The fraction of sp³-hybridized carbons (Fsp3) is 0.429. The minimum absolute atomic E-state index is 0.0546. The van der Waals surface area contributed by atoms with Crippen LogP contribution in [0.25, 0.3) is 0 Å². The molecule has 0 aliphatic rings. The lowest BCUT2D eigenvalue weighted by atomic mass is 10.1. The molecule has 0 aliphatic heterocycles. The van der Waals surface area contributed by atoms with Crippen molar-refractivity contribution in [1.29, 1.82) is 0 Å². The Morgan fingerprint density at radius 2 is 1.90 bits per heavy atom. The highest BCUT2D eigenvalue weighted by molar-refractivity contribution is 8.00. The Labute approximate surface area is 127 Å². The number of amides is 1. The van der Waals surface area contributed by atoms with E-state index in [1.165, 1.54) is 11.8 Å². The van der Waals surface area contributed by atoms with Crippen LogP contribution in [0.4, 0.5) is 0 Å². The highest BCUT2D eigenvalue weighted by Crippen LogP contribution is 2.24. The topological polar surface area (TPSA) is 66.4 Å². The molecule has 0 saturated heterocycles. The van der Waals surface area contributed by atoms with Gasteiger partial charge in [0.1, 0.15) is 0 Å². The maximum Gasteiger partial charge on any atom is 0.303 e. The Hall–Kier alpha value is -1.20. The molecule has 1 amide bonds. The molecule has 0 fully saturated rings. The van der Waals surface area contributed by atoms with Crippen molar-refractivity contribution in [3.05, 3.63) is 29.3 Å². The van der Waals surface area contributed by atoms with E-state index >= 15 is 0 Å². The number of carbonyl (C=O) groups is 2. The summed E-state index contributed by atoms with van der Waals surface area (Å²) in [6, 6.07) is 7.29. The molecule has 2 atom stereocenters. The van der Waals surface area contributed by atoms with Crippen molar-refractivity contribution in [3.63, 3.8) is 0 Å². The van der Waals surface area contributed by atoms with Crippen LogP contribution in [-0.2, 0) is 9.59 Å². The van der Waals surface area contributed by atoms with Gasteiger partial charge in [0.2, 0.25) is 5.91 Å². The largest absolute Gasteiger partial charge is 0.481 e. The molecule has 0 aliphatic carbocycles. The Balaban J connectivity index is 2.39. The van der Waals surface area contributed by atoms with Crippen LogP contribution in [0.2, 0.25) is 5.02 Å². The van der Waals surface area contributed by atoms with Gasteiger partial charge in [-0.15, -0.1) is 11.8 Å². The van der Waals surface area contributed by atoms with E-state index in [1.54, 1.807) is 19.1 Å². The van der Waals surface area contributed by atoms with E-state index in [1.807, 2.05) is 19.1 Å². The monoisotopic (exact) mass is 315 g/mol. The van der Waals surface area contributed by atoms with Crippen molar-refractivity contribution >= 4 is 35.2 Å². The molecule has 0 spiro atoms. The zero-order valence-corrected chi connectivity index (χ0v) is 13.0. The third kappa shape index (κ3) is 6.30. The van der Waals surface area contributed by atoms with Crippen LogP contribution in [0, 0.1) is 5.92 Å². The van der Waals surface area contributed by atoms with Crippen LogP contribution in [0.1, 0.15) is 20.3 Å². The van der Waals surface area contributed by atoms with Gasteiger partial charge in [-0.25, -0.2) is 0 Å². The van der Waals surface area contributed by atoms with E-state index in [0.29, 0.717) is 11.6 Å². The van der Waals surface area contributed by atoms with E-state index in [2.05, 4.69) is 5.32 Å². The highest BCUT2D eigenvalue weighted by Gasteiger charge is 2.15. The first-order valence-corrected chi connectivity index (χ1v) is 7.56. The lowest BCUT2D eigenvalue weighted by molar-refractivity contribution is -0.138. The third-order valence-electron chi connectivity index (χ3n) is 2.64. The summed E-state index contributed by atoms with van der Waals surface area (Å²) in [6.07, 6.45) is 0.0546.